The van der Waals surface area contributed by atoms with Crippen LogP contribution in [0.5, 0.6) is 0 Å². The first-order valence-corrected chi connectivity index (χ1v) is 11.5. The van der Waals surface area contributed by atoms with Crippen LogP contribution in [0.3, 0.4) is 0 Å². The van der Waals surface area contributed by atoms with E-state index in [0.29, 0.717) is 19.6 Å². The van der Waals surface area contributed by atoms with Crippen molar-refractivity contribution in [3.63, 3.8) is 0 Å². The highest BCUT2D eigenvalue weighted by molar-refractivity contribution is 6.31. The maximum Gasteiger partial charge on any atom is 0.246 e. The molecule has 2 aromatic heterocycles. The molecule has 0 bridgehead atoms. The molecule has 0 fully saturated rings. The van der Waals surface area contributed by atoms with Crippen molar-refractivity contribution in [2.24, 2.45) is 0 Å². The maximum absolute atomic E-state index is 12.8. The molecule has 4 rings (SSSR count). The number of carbonyl (C=O) groups excluding carboxylic acids is 1. The topological polar surface area (TPSA) is 56.0 Å². The minimum Gasteiger partial charge on any atom is -0.338 e. The summed E-state index contributed by atoms with van der Waals surface area (Å²) < 4.78 is 3.81. The second kappa shape index (κ2) is 10.5. The lowest BCUT2D eigenvalue weighted by Crippen LogP contribution is -2.23. The molecule has 6 nitrogen and oxygen atoms in total. The molecule has 0 unspecified atom stereocenters. The van der Waals surface area contributed by atoms with E-state index < -0.39 is 0 Å². The molecule has 0 aliphatic rings. The number of carbonyl (C=O) groups is 1. The lowest BCUT2D eigenvalue weighted by atomic mass is 10.1. The molecule has 174 valence electrons. The van der Waals surface area contributed by atoms with Crippen LogP contribution in [0.1, 0.15) is 33.6 Å². The van der Waals surface area contributed by atoms with E-state index in [9.17, 15) is 4.79 Å². The smallest absolute Gasteiger partial charge is 0.246 e. The maximum atomic E-state index is 12.8. The summed E-state index contributed by atoms with van der Waals surface area (Å²) in [6.45, 7) is 5.73. The number of halogens is 1. The van der Waals surface area contributed by atoms with Gasteiger partial charge in [-0.2, -0.15) is 10.2 Å². The van der Waals surface area contributed by atoms with E-state index in [-0.39, 0.29) is 5.91 Å². The molecule has 1 amide bonds. The Balaban J connectivity index is 1.39. The molecule has 4 aromatic rings. The van der Waals surface area contributed by atoms with Gasteiger partial charge >= 0.3 is 0 Å². The van der Waals surface area contributed by atoms with Crippen LogP contribution in [0.2, 0.25) is 5.02 Å². The van der Waals surface area contributed by atoms with Crippen LogP contribution in [0, 0.1) is 13.8 Å². The van der Waals surface area contributed by atoms with Crippen LogP contribution in [0.25, 0.3) is 6.08 Å². The van der Waals surface area contributed by atoms with Crippen molar-refractivity contribution >= 4 is 23.6 Å². The van der Waals surface area contributed by atoms with Crippen LogP contribution in [0.4, 0.5) is 0 Å². The van der Waals surface area contributed by atoms with E-state index >= 15 is 0 Å². The Morgan fingerprint density at radius 1 is 1.03 bits per heavy atom. The number of hydrogen-bond donors (Lipinski definition) is 0. The number of aryl methyl sites for hydroxylation is 1. The van der Waals surface area contributed by atoms with Crippen molar-refractivity contribution in [1.82, 2.24) is 24.5 Å². The molecular formula is C27H28ClN5O. The summed E-state index contributed by atoms with van der Waals surface area (Å²) in [7, 11) is 1.79. The van der Waals surface area contributed by atoms with Crippen LogP contribution >= 0.6 is 11.6 Å². The summed E-state index contributed by atoms with van der Waals surface area (Å²) in [6.07, 6.45) is 7.24. The normalized spacial score (nSPS) is 11.3. The fourth-order valence-corrected chi connectivity index (χ4v) is 4.07. The average molecular weight is 474 g/mol. The molecule has 7 heteroatoms. The molecule has 2 heterocycles. The second-order valence-corrected chi connectivity index (χ2v) is 8.80. The van der Waals surface area contributed by atoms with E-state index in [4.69, 9.17) is 11.6 Å². The highest BCUT2D eigenvalue weighted by atomic mass is 35.5. The zero-order valence-corrected chi connectivity index (χ0v) is 20.4. The van der Waals surface area contributed by atoms with Gasteiger partial charge in [-0.1, -0.05) is 60.1 Å². The van der Waals surface area contributed by atoms with Crippen molar-refractivity contribution in [2.75, 3.05) is 7.05 Å². The van der Waals surface area contributed by atoms with Crippen LogP contribution in [-0.2, 0) is 24.4 Å². The van der Waals surface area contributed by atoms with Gasteiger partial charge in [0.1, 0.15) is 0 Å². The molecule has 0 aliphatic carbocycles. The van der Waals surface area contributed by atoms with Gasteiger partial charge in [0.15, 0.2) is 0 Å². The van der Waals surface area contributed by atoms with Crippen LogP contribution < -0.4 is 0 Å². The van der Waals surface area contributed by atoms with Crippen molar-refractivity contribution in [3.8, 4) is 0 Å². The quantitative estimate of drug-likeness (QED) is 0.334. The predicted molar refractivity (Wildman–Crippen MR) is 136 cm³/mol. The van der Waals surface area contributed by atoms with E-state index in [2.05, 4.69) is 22.3 Å². The van der Waals surface area contributed by atoms with Crippen molar-refractivity contribution in [1.29, 1.82) is 0 Å². The highest BCUT2D eigenvalue weighted by Gasteiger charge is 2.13. The number of rotatable bonds is 8. The van der Waals surface area contributed by atoms with E-state index in [1.165, 1.54) is 5.56 Å². The Bertz CT molecular complexity index is 1310. The molecule has 0 atom stereocenters. The number of hydrogen-bond acceptors (Lipinski definition) is 3. The Hall–Kier alpha value is -3.64. The first-order chi connectivity index (χ1) is 16.4. The van der Waals surface area contributed by atoms with Gasteiger partial charge < -0.3 is 4.90 Å². The van der Waals surface area contributed by atoms with Gasteiger partial charge in [0.05, 0.1) is 25.0 Å². The summed E-state index contributed by atoms with van der Waals surface area (Å²) in [5.74, 6) is -0.0755. The third-order valence-corrected chi connectivity index (χ3v) is 6.15. The summed E-state index contributed by atoms with van der Waals surface area (Å²) >= 11 is 6.31. The SMILES string of the molecule is Cc1nn(Cc2ccccc2Cl)c(C)c1C=CC(=O)N(C)Cc1cnn(Cc2ccccc2)c1. The standard InChI is InChI=1S/C27H28ClN5O/c1-20-25(21(2)33(30-20)19-24-11-7-8-12-26(24)28)13-14-27(34)31(3)16-23-15-29-32(18-23)17-22-9-5-4-6-10-22/h4-15,18H,16-17,19H2,1-3H3. The Morgan fingerprint density at radius 2 is 1.76 bits per heavy atom. The third-order valence-electron chi connectivity index (χ3n) is 5.78. The van der Waals surface area contributed by atoms with Crippen molar-refractivity contribution < 1.29 is 4.79 Å². The summed E-state index contributed by atoms with van der Waals surface area (Å²) in [5, 5.41) is 9.79. The van der Waals surface area contributed by atoms with Gasteiger partial charge in [0.2, 0.25) is 5.91 Å². The summed E-state index contributed by atoms with van der Waals surface area (Å²) in [4.78, 5) is 14.4. The van der Waals surface area contributed by atoms with Crippen LogP contribution in [-0.4, -0.2) is 37.4 Å². The average Bonchev–Trinajstić information content (AvgIpc) is 3.37. The van der Waals surface area contributed by atoms with Crippen molar-refractivity contribution in [3.05, 3.63) is 112 Å². The number of amides is 1. The second-order valence-electron chi connectivity index (χ2n) is 8.39. The molecule has 0 saturated heterocycles. The lowest BCUT2D eigenvalue weighted by molar-refractivity contribution is -0.125. The largest absolute Gasteiger partial charge is 0.338 e. The minimum atomic E-state index is -0.0755. The monoisotopic (exact) mass is 473 g/mol. The molecule has 0 aliphatic heterocycles. The summed E-state index contributed by atoms with van der Waals surface area (Å²) in [6, 6.07) is 17.9. The molecule has 2 aromatic carbocycles. The first kappa shape index (κ1) is 23.5. The minimum absolute atomic E-state index is 0.0755. The van der Waals surface area contributed by atoms with Crippen molar-refractivity contribution in [2.45, 2.75) is 33.5 Å². The lowest BCUT2D eigenvalue weighted by Gasteiger charge is -2.13. The highest BCUT2D eigenvalue weighted by Crippen LogP contribution is 2.20. The van der Waals surface area contributed by atoms with E-state index in [0.717, 1.165) is 33.1 Å². The van der Waals surface area contributed by atoms with Gasteiger partial charge in [-0.15, -0.1) is 0 Å². The number of likely N-dealkylation sites (N-methyl/N-ethyl adjacent to an activating group) is 1. The van der Waals surface area contributed by atoms with Gasteiger partial charge in [0.25, 0.3) is 0 Å². The van der Waals surface area contributed by atoms with Gasteiger partial charge in [-0.05, 0) is 37.1 Å². The van der Waals surface area contributed by atoms with E-state index in [1.807, 2.05) is 84.1 Å². The Morgan fingerprint density at radius 3 is 2.53 bits per heavy atom. The first-order valence-electron chi connectivity index (χ1n) is 11.2. The fourth-order valence-electron chi connectivity index (χ4n) is 3.87. The van der Waals surface area contributed by atoms with Gasteiger partial charge in [0, 0.05) is 47.7 Å². The zero-order valence-electron chi connectivity index (χ0n) is 19.6. The van der Waals surface area contributed by atoms with Crippen LogP contribution in [0.15, 0.2) is 73.1 Å². The number of aromatic nitrogens is 4. The molecule has 0 radical (unpaired) electrons. The predicted octanol–water partition coefficient (Wildman–Crippen LogP) is 5.12. The molecule has 0 spiro atoms. The Kier molecular flexibility index (Phi) is 7.28. The van der Waals surface area contributed by atoms with E-state index in [1.54, 1.807) is 18.0 Å². The molecule has 0 saturated carbocycles. The third kappa shape index (κ3) is 5.64. The zero-order chi connectivity index (χ0) is 24.1. The molecule has 0 N–H and O–H groups in total. The van der Waals surface area contributed by atoms with Gasteiger partial charge in [-0.3, -0.25) is 14.2 Å². The number of benzene rings is 2. The Labute approximate surface area is 205 Å². The van der Waals surface area contributed by atoms with Gasteiger partial charge in [-0.25, -0.2) is 0 Å². The summed E-state index contributed by atoms with van der Waals surface area (Å²) in [5.41, 5.74) is 5.99. The fraction of sp³-hybridized carbons (Fsp3) is 0.222. The number of nitrogens with zero attached hydrogens (tertiary/aromatic N) is 5. The molecular weight excluding hydrogens is 446 g/mol. The molecule has 34 heavy (non-hydrogen) atoms.